The van der Waals surface area contributed by atoms with Crippen LogP contribution in [-0.4, -0.2) is 53.7 Å². The van der Waals surface area contributed by atoms with Gasteiger partial charge in [0, 0.05) is 41.3 Å². The van der Waals surface area contributed by atoms with Gasteiger partial charge < -0.3 is 15.4 Å². The summed E-state index contributed by atoms with van der Waals surface area (Å²) in [5.41, 5.74) is 4.23. The molecule has 2 aromatic carbocycles. The van der Waals surface area contributed by atoms with Gasteiger partial charge in [-0.15, -0.1) is 5.10 Å². The lowest BCUT2D eigenvalue weighted by atomic mass is 10.0. The molecule has 2 aliphatic rings. The number of imidazole rings is 1. The Labute approximate surface area is 233 Å². The number of fused-ring (bicyclic) bond motifs is 1. The Hall–Kier alpha value is -3.67. The first-order valence-corrected chi connectivity index (χ1v) is 15.3. The maximum Gasteiger partial charge on any atom is 0.251 e. The lowest BCUT2D eigenvalue weighted by Crippen LogP contribution is -2.26. The third-order valence-corrected chi connectivity index (χ3v) is 9.24. The number of aromatic nitrogens is 3. The van der Waals surface area contributed by atoms with Gasteiger partial charge in [0.05, 0.1) is 17.6 Å². The van der Waals surface area contributed by atoms with Gasteiger partial charge in [-0.05, 0) is 68.4 Å². The van der Waals surface area contributed by atoms with E-state index < -0.39 is 16.4 Å². The Bertz CT molecular complexity index is 1560. The maximum absolute atomic E-state index is 14.4. The zero-order valence-corrected chi connectivity index (χ0v) is 23.0. The molecule has 4 N–H and O–H groups in total. The molecule has 4 aromatic rings. The third-order valence-electron chi connectivity index (χ3n) is 7.46. The quantitative estimate of drug-likeness (QED) is 0.204. The van der Waals surface area contributed by atoms with Crippen molar-refractivity contribution >= 4 is 27.8 Å². The average Bonchev–Trinajstić information content (AvgIpc) is 3.64. The van der Waals surface area contributed by atoms with Crippen LogP contribution in [0.4, 0.5) is 10.1 Å². The fourth-order valence-corrected chi connectivity index (χ4v) is 6.57. The number of benzene rings is 2. The largest absolute Gasteiger partial charge is 0.434 e. The van der Waals surface area contributed by atoms with Crippen LogP contribution in [0.1, 0.15) is 41.6 Å². The number of hydrogen-bond donors (Lipinski definition) is 4. The van der Waals surface area contributed by atoms with Crippen LogP contribution >= 0.6 is 10.6 Å². The van der Waals surface area contributed by atoms with E-state index in [1.807, 2.05) is 25.1 Å². The zero-order valence-electron chi connectivity index (χ0n) is 22.1. The van der Waals surface area contributed by atoms with Crippen molar-refractivity contribution in [2.24, 2.45) is 5.92 Å². The maximum atomic E-state index is 14.4. The van der Waals surface area contributed by atoms with Crippen molar-refractivity contribution in [3.05, 3.63) is 71.7 Å². The number of amides is 1. The summed E-state index contributed by atoms with van der Waals surface area (Å²) in [4.78, 5) is 17.3. The molecule has 1 amide bonds. The van der Waals surface area contributed by atoms with Gasteiger partial charge in [0.25, 0.3) is 5.91 Å². The second-order valence-electron chi connectivity index (χ2n) is 10.6. The molecule has 0 atom stereocenters. The standard InChI is InChI=1S/C29H32FN5O4S/c1-18-14-20(6-9-22(18)29(36)33-21-7-8-21)25-17-32-28-24(31-16-19-10-12-40(37,38)13-11-19)15-27(34-35(25)28)39-26-5-3-2-4-23(26)30/h2-6,9,14-15,17,19,21,31,37-38H,7-8,10-13,16H2,1H3,(H,33,36). The van der Waals surface area contributed by atoms with Crippen molar-refractivity contribution < 1.29 is 23.0 Å². The predicted octanol–water partition coefficient (Wildman–Crippen LogP) is 6.10. The lowest BCUT2D eigenvalue weighted by Gasteiger charge is -2.39. The molecule has 2 aromatic heterocycles. The second kappa shape index (κ2) is 10.7. The Kier molecular flexibility index (Phi) is 7.11. The number of anilines is 1. The molecule has 1 saturated carbocycles. The molecule has 0 bridgehead atoms. The van der Waals surface area contributed by atoms with E-state index in [0.29, 0.717) is 40.6 Å². The molecular weight excluding hydrogens is 533 g/mol. The second-order valence-corrected chi connectivity index (χ2v) is 13.0. The Morgan fingerprint density at radius 3 is 2.62 bits per heavy atom. The summed E-state index contributed by atoms with van der Waals surface area (Å²) in [5.74, 6) is 0.773. The molecular formula is C29H32FN5O4S. The molecule has 3 heterocycles. The van der Waals surface area contributed by atoms with Crippen molar-refractivity contribution in [1.82, 2.24) is 19.9 Å². The highest BCUT2D eigenvalue weighted by molar-refractivity contribution is 8.24. The van der Waals surface area contributed by atoms with E-state index in [2.05, 4.69) is 20.7 Å². The number of carbonyl (C=O) groups is 1. The molecule has 6 rings (SSSR count). The molecule has 0 spiro atoms. The number of ether oxygens (including phenoxy) is 1. The first-order chi connectivity index (χ1) is 19.3. The van der Waals surface area contributed by atoms with E-state index in [0.717, 1.165) is 36.8 Å². The van der Waals surface area contributed by atoms with Gasteiger partial charge in [0.2, 0.25) is 5.88 Å². The highest BCUT2D eigenvalue weighted by Gasteiger charge is 2.26. The number of nitrogens with zero attached hydrogens (tertiary/aromatic N) is 3. The predicted molar refractivity (Wildman–Crippen MR) is 154 cm³/mol. The van der Waals surface area contributed by atoms with E-state index in [1.165, 1.54) is 12.1 Å². The van der Waals surface area contributed by atoms with Gasteiger partial charge in [-0.2, -0.15) is 10.6 Å². The number of hydrogen-bond acceptors (Lipinski definition) is 7. The highest BCUT2D eigenvalue weighted by Crippen LogP contribution is 2.45. The normalized spacial score (nSPS) is 17.9. The molecule has 0 radical (unpaired) electrons. The van der Waals surface area contributed by atoms with Crippen LogP contribution < -0.4 is 15.4 Å². The van der Waals surface area contributed by atoms with Crippen molar-refractivity contribution in [2.45, 2.75) is 38.6 Å². The molecule has 1 aliphatic carbocycles. The molecule has 9 nitrogen and oxygen atoms in total. The monoisotopic (exact) mass is 565 g/mol. The van der Waals surface area contributed by atoms with E-state index in [4.69, 9.17) is 4.74 Å². The van der Waals surface area contributed by atoms with E-state index >= 15 is 0 Å². The molecule has 210 valence electrons. The first-order valence-electron chi connectivity index (χ1n) is 13.5. The van der Waals surface area contributed by atoms with Crippen LogP contribution in [0, 0.1) is 18.7 Å². The SMILES string of the molecule is Cc1cc(-c2cnc3c(NCC4CCS(O)(O)CC4)cc(Oc4ccccc4F)nn23)ccc1C(=O)NC1CC1. The smallest absolute Gasteiger partial charge is 0.251 e. The number of nitrogens with one attached hydrogen (secondary N) is 2. The molecule has 1 aliphatic heterocycles. The minimum Gasteiger partial charge on any atom is -0.434 e. The third kappa shape index (κ3) is 5.77. The van der Waals surface area contributed by atoms with Crippen molar-refractivity contribution in [1.29, 1.82) is 0 Å². The number of halogens is 1. The number of aryl methyl sites for hydroxylation is 1. The van der Waals surface area contributed by atoms with Gasteiger partial charge in [0.15, 0.2) is 17.2 Å². The minimum absolute atomic E-state index is 0.0568. The summed E-state index contributed by atoms with van der Waals surface area (Å²) < 4.78 is 41.9. The van der Waals surface area contributed by atoms with Gasteiger partial charge in [-0.3, -0.25) is 13.9 Å². The summed E-state index contributed by atoms with van der Waals surface area (Å²) in [6.45, 7) is 2.52. The fourth-order valence-electron chi connectivity index (χ4n) is 4.95. The van der Waals surface area contributed by atoms with Crippen LogP contribution in [0.3, 0.4) is 0 Å². The molecule has 1 saturated heterocycles. The Morgan fingerprint density at radius 1 is 1.12 bits per heavy atom. The number of rotatable bonds is 8. The van der Waals surface area contributed by atoms with Crippen LogP contribution in [0.2, 0.25) is 0 Å². The first kappa shape index (κ1) is 26.5. The van der Waals surface area contributed by atoms with Crippen molar-refractivity contribution in [2.75, 3.05) is 23.4 Å². The summed E-state index contributed by atoms with van der Waals surface area (Å²) in [7, 11) is -2.46. The minimum atomic E-state index is -2.46. The Morgan fingerprint density at radius 2 is 1.90 bits per heavy atom. The van der Waals surface area contributed by atoms with E-state index in [9.17, 15) is 18.3 Å². The summed E-state index contributed by atoms with van der Waals surface area (Å²) in [6, 6.07) is 13.7. The van der Waals surface area contributed by atoms with Crippen LogP contribution in [-0.2, 0) is 0 Å². The molecule has 11 heteroatoms. The summed E-state index contributed by atoms with van der Waals surface area (Å²) in [5, 5.41) is 11.1. The summed E-state index contributed by atoms with van der Waals surface area (Å²) in [6.07, 6.45) is 5.20. The number of para-hydroxylation sites is 1. The van der Waals surface area contributed by atoms with Gasteiger partial charge in [-0.1, -0.05) is 18.2 Å². The van der Waals surface area contributed by atoms with Crippen LogP contribution in [0.25, 0.3) is 16.9 Å². The van der Waals surface area contributed by atoms with Crippen molar-refractivity contribution in [3.8, 4) is 22.9 Å². The van der Waals surface area contributed by atoms with Crippen molar-refractivity contribution in [3.63, 3.8) is 0 Å². The lowest BCUT2D eigenvalue weighted by molar-refractivity contribution is 0.0950. The topological polar surface area (TPSA) is 121 Å². The van der Waals surface area contributed by atoms with E-state index in [1.54, 1.807) is 28.9 Å². The van der Waals surface area contributed by atoms with E-state index in [-0.39, 0.29) is 29.5 Å². The Balaban J connectivity index is 1.33. The summed E-state index contributed by atoms with van der Waals surface area (Å²) >= 11 is 0. The molecule has 0 unspecified atom stereocenters. The van der Waals surface area contributed by atoms with Crippen LogP contribution in [0.15, 0.2) is 54.7 Å². The van der Waals surface area contributed by atoms with Gasteiger partial charge in [-0.25, -0.2) is 13.9 Å². The van der Waals surface area contributed by atoms with Gasteiger partial charge in [0.1, 0.15) is 0 Å². The average molecular weight is 566 g/mol. The highest BCUT2D eigenvalue weighted by atomic mass is 32.3. The zero-order chi connectivity index (χ0) is 27.9. The molecule has 40 heavy (non-hydrogen) atoms. The van der Waals surface area contributed by atoms with Crippen LogP contribution in [0.5, 0.6) is 11.6 Å². The number of carbonyl (C=O) groups excluding carboxylic acids is 1. The molecule has 2 fully saturated rings. The van der Waals surface area contributed by atoms with Gasteiger partial charge >= 0.3 is 0 Å². The fraction of sp³-hybridized carbons (Fsp3) is 0.345.